The van der Waals surface area contributed by atoms with E-state index in [0.717, 1.165) is 12.6 Å². The number of aryl methyl sites for hydroxylation is 1. The monoisotopic (exact) mass is 545 g/mol. The average molecular weight is 546 g/mol. The Hall–Kier alpha value is -2.18. The highest BCUT2D eigenvalue weighted by atomic mass is 35.5. The maximum atomic E-state index is 13.2. The van der Waals surface area contributed by atoms with Gasteiger partial charge in [-0.15, -0.1) is 11.3 Å². The van der Waals surface area contributed by atoms with E-state index in [0.29, 0.717) is 34.9 Å². The molecule has 1 saturated heterocycles. The zero-order chi connectivity index (χ0) is 25.1. The van der Waals surface area contributed by atoms with Crippen LogP contribution in [0.2, 0.25) is 5.02 Å². The highest BCUT2D eigenvalue weighted by Crippen LogP contribution is 2.33. The number of morpholine rings is 1. The molecule has 2 aromatic carbocycles. The van der Waals surface area contributed by atoms with E-state index in [1.54, 1.807) is 0 Å². The molecule has 188 valence electrons. The van der Waals surface area contributed by atoms with Crippen molar-refractivity contribution in [2.24, 2.45) is 0 Å². The van der Waals surface area contributed by atoms with Gasteiger partial charge in [0.15, 0.2) is 5.01 Å². The number of hydrogen-bond donors (Lipinski definition) is 1. The molecule has 6 nitrogen and oxygen atoms in total. The molecule has 1 unspecified atom stereocenters. The summed E-state index contributed by atoms with van der Waals surface area (Å²) in [4.78, 5) is 3.81. The molecule has 35 heavy (non-hydrogen) atoms. The van der Waals surface area contributed by atoms with Gasteiger partial charge in [0.05, 0.1) is 34.9 Å². The Morgan fingerprint density at radius 2 is 1.97 bits per heavy atom. The van der Waals surface area contributed by atoms with E-state index in [-0.39, 0.29) is 35.7 Å². The number of sulfonamides is 1. The quantitative estimate of drug-likeness (QED) is 0.407. The SMILES string of the molecule is O=S(=O)(c1ccc(NCc2cnc(C(F)(F)F)s2)c(Cl)c1)N1CCOC(CCc2ccccc2)C1. The van der Waals surface area contributed by atoms with Gasteiger partial charge < -0.3 is 10.1 Å². The Labute approximate surface area is 210 Å². The second kappa shape index (κ2) is 10.8. The zero-order valence-corrected chi connectivity index (χ0v) is 20.9. The van der Waals surface area contributed by atoms with E-state index in [2.05, 4.69) is 10.3 Å². The Morgan fingerprint density at radius 3 is 2.66 bits per heavy atom. The lowest BCUT2D eigenvalue weighted by Crippen LogP contribution is -2.45. The van der Waals surface area contributed by atoms with Crippen molar-refractivity contribution in [1.29, 1.82) is 0 Å². The minimum Gasteiger partial charge on any atom is -0.379 e. The van der Waals surface area contributed by atoms with Crippen molar-refractivity contribution >= 4 is 38.6 Å². The summed E-state index contributed by atoms with van der Waals surface area (Å²) in [5.74, 6) is 0. The van der Waals surface area contributed by atoms with Gasteiger partial charge in [-0.25, -0.2) is 13.4 Å². The van der Waals surface area contributed by atoms with Crippen molar-refractivity contribution in [3.8, 4) is 0 Å². The van der Waals surface area contributed by atoms with Crippen LogP contribution in [0.25, 0.3) is 0 Å². The molecule has 2 heterocycles. The summed E-state index contributed by atoms with van der Waals surface area (Å²) in [5.41, 5.74) is 1.58. The van der Waals surface area contributed by atoms with Gasteiger partial charge in [0.25, 0.3) is 0 Å². The average Bonchev–Trinajstić information content (AvgIpc) is 3.33. The predicted molar refractivity (Wildman–Crippen MR) is 129 cm³/mol. The number of benzene rings is 2. The standard InChI is InChI=1S/C23H23ClF3N3O3S2/c24-20-12-19(8-9-21(20)28-13-18-14-29-22(34-18)23(25,26)27)35(31,32)30-10-11-33-17(15-30)7-6-16-4-2-1-3-5-16/h1-5,8-9,12,14,17,28H,6-7,10-11,13,15H2. The lowest BCUT2D eigenvalue weighted by atomic mass is 10.1. The first-order valence-corrected chi connectivity index (χ1v) is 13.5. The van der Waals surface area contributed by atoms with Crippen LogP contribution in [-0.4, -0.2) is 43.5 Å². The molecule has 0 aliphatic carbocycles. The third kappa shape index (κ3) is 6.53. The Bertz CT molecular complexity index is 1250. The lowest BCUT2D eigenvalue weighted by molar-refractivity contribution is -0.137. The Balaban J connectivity index is 1.38. The van der Waals surface area contributed by atoms with Crippen molar-refractivity contribution in [3.05, 3.63) is 75.2 Å². The molecule has 1 fully saturated rings. The van der Waals surface area contributed by atoms with E-state index < -0.39 is 21.2 Å². The fourth-order valence-corrected chi connectivity index (χ4v) is 6.22. The number of hydrogen-bond acceptors (Lipinski definition) is 6. The van der Waals surface area contributed by atoms with Crippen LogP contribution in [-0.2, 0) is 33.9 Å². The number of rotatable bonds is 8. The van der Waals surface area contributed by atoms with Crippen molar-refractivity contribution in [3.63, 3.8) is 0 Å². The smallest absolute Gasteiger partial charge is 0.379 e. The third-order valence-corrected chi connectivity index (χ3v) is 8.74. The lowest BCUT2D eigenvalue weighted by Gasteiger charge is -2.32. The molecule has 0 radical (unpaired) electrons. The van der Waals surface area contributed by atoms with Crippen LogP contribution >= 0.6 is 22.9 Å². The normalized spacial score (nSPS) is 17.4. The number of alkyl halides is 3. The first-order valence-electron chi connectivity index (χ1n) is 10.8. The molecule has 0 spiro atoms. The Kier molecular flexibility index (Phi) is 8.02. The highest BCUT2D eigenvalue weighted by molar-refractivity contribution is 7.89. The summed E-state index contributed by atoms with van der Waals surface area (Å²) < 4.78 is 71.8. The second-order valence-corrected chi connectivity index (χ2v) is 11.5. The number of aromatic nitrogens is 1. The fourth-order valence-electron chi connectivity index (χ4n) is 3.71. The first kappa shape index (κ1) is 25.9. The van der Waals surface area contributed by atoms with Crippen LogP contribution in [0.3, 0.4) is 0 Å². The maximum Gasteiger partial charge on any atom is 0.443 e. The molecular formula is C23H23ClF3N3O3S2. The van der Waals surface area contributed by atoms with E-state index in [1.807, 2.05) is 30.3 Å². The summed E-state index contributed by atoms with van der Waals surface area (Å²) in [6, 6.07) is 14.2. The number of ether oxygens (including phenoxy) is 1. The summed E-state index contributed by atoms with van der Waals surface area (Å²) in [5, 5.41) is 2.17. The highest BCUT2D eigenvalue weighted by Gasteiger charge is 2.34. The Morgan fingerprint density at radius 1 is 1.20 bits per heavy atom. The molecule has 4 rings (SSSR count). The van der Waals surface area contributed by atoms with Gasteiger partial charge in [-0.2, -0.15) is 17.5 Å². The molecule has 1 N–H and O–H groups in total. The van der Waals surface area contributed by atoms with E-state index in [1.165, 1.54) is 28.1 Å². The van der Waals surface area contributed by atoms with Crippen molar-refractivity contribution in [2.45, 2.75) is 36.6 Å². The molecule has 0 bridgehead atoms. The molecule has 1 aliphatic rings. The van der Waals surface area contributed by atoms with Crippen LogP contribution in [0.4, 0.5) is 18.9 Å². The molecule has 1 aromatic heterocycles. The molecule has 3 aromatic rings. The first-order chi connectivity index (χ1) is 16.6. The van der Waals surface area contributed by atoms with Crippen LogP contribution in [0.15, 0.2) is 59.6 Å². The molecule has 1 atom stereocenters. The molecule has 12 heteroatoms. The number of nitrogens with one attached hydrogen (secondary N) is 1. The van der Waals surface area contributed by atoms with Crippen LogP contribution in [0.1, 0.15) is 21.9 Å². The fraction of sp³-hybridized carbons (Fsp3) is 0.348. The summed E-state index contributed by atoms with van der Waals surface area (Å²) in [7, 11) is -3.79. The predicted octanol–water partition coefficient (Wildman–Crippen LogP) is 5.45. The number of anilines is 1. The van der Waals surface area contributed by atoms with Crippen LogP contribution < -0.4 is 5.32 Å². The summed E-state index contributed by atoms with van der Waals surface area (Å²) in [6.45, 7) is 0.876. The summed E-state index contributed by atoms with van der Waals surface area (Å²) >= 11 is 6.84. The zero-order valence-electron chi connectivity index (χ0n) is 18.5. The van der Waals surface area contributed by atoms with Gasteiger partial charge in [0.2, 0.25) is 10.0 Å². The van der Waals surface area contributed by atoms with Gasteiger partial charge in [-0.05, 0) is 36.6 Å². The number of nitrogens with zero attached hydrogens (tertiary/aromatic N) is 2. The minimum absolute atomic E-state index is 0.0499. The topological polar surface area (TPSA) is 71.5 Å². The van der Waals surface area contributed by atoms with Gasteiger partial charge in [-0.1, -0.05) is 41.9 Å². The van der Waals surface area contributed by atoms with E-state index in [9.17, 15) is 21.6 Å². The van der Waals surface area contributed by atoms with Gasteiger partial charge in [-0.3, -0.25) is 0 Å². The van der Waals surface area contributed by atoms with E-state index >= 15 is 0 Å². The van der Waals surface area contributed by atoms with E-state index in [4.69, 9.17) is 16.3 Å². The third-order valence-electron chi connectivity index (χ3n) is 5.53. The van der Waals surface area contributed by atoms with Crippen molar-refractivity contribution < 1.29 is 26.3 Å². The van der Waals surface area contributed by atoms with Crippen LogP contribution in [0.5, 0.6) is 0 Å². The minimum atomic E-state index is -4.49. The number of thiazole rings is 1. The molecule has 0 amide bonds. The van der Waals surface area contributed by atoms with Crippen molar-refractivity contribution in [1.82, 2.24) is 9.29 Å². The number of halogens is 4. The summed E-state index contributed by atoms with van der Waals surface area (Å²) in [6.07, 6.45) is -2.06. The maximum absolute atomic E-state index is 13.2. The molecular weight excluding hydrogens is 523 g/mol. The van der Waals surface area contributed by atoms with Gasteiger partial charge in [0.1, 0.15) is 0 Å². The molecule has 1 aliphatic heterocycles. The van der Waals surface area contributed by atoms with Crippen LogP contribution in [0, 0.1) is 0 Å². The van der Waals surface area contributed by atoms with Gasteiger partial charge >= 0.3 is 6.18 Å². The second-order valence-electron chi connectivity index (χ2n) is 8.00. The van der Waals surface area contributed by atoms with Gasteiger partial charge in [0, 0.05) is 24.2 Å². The van der Waals surface area contributed by atoms with Crippen molar-refractivity contribution in [2.75, 3.05) is 25.0 Å². The molecule has 0 saturated carbocycles. The largest absolute Gasteiger partial charge is 0.443 e.